The molecule has 3 aromatic rings. The van der Waals surface area contributed by atoms with Crippen LogP contribution < -0.4 is 4.74 Å². The molecule has 192 valence electrons. The van der Waals surface area contributed by atoms with Gasteiger partial charge in [-0.15, -0.1) is 11.8 Å². The van der Waals surface area contributed by atoms with Crippen LogP contribution in [-0.2, 0) is 4.79 Å². The summed E-state index contributed by atoms with van der Waals surface area (Å²) < 4.78 is 20.8. The number of methoxy groups -OCH3 is 1. The number of fused-ring (bicyclic) bond motifs is 1. The quantitative estimate of drug-likeness (QED) is 0.218. The number of halogens is 1. The Morgan fingerprint density at radius 2 is 2.06 bits per heavy atom. The number of benzene rings is 2. The number of alkyl halides is 1. The van der Waals surface area contributed by atoms with E-state index < -0.39 is 12.1 Å². The number of hydrogen-bond donors (Lipinski definition) is 1. The van der Waals surface area contributed by atoms with Crippen molar-refractivity contribution < 1.29 is 19.0 Å². The van der Waals surface area contributed by atoms with Crippen molar-refractivity contribution in [1.29, 1.82) is 0 Å². The van der Waals surface area contributed by atoms with E-state index in [-0.39, 0.29) is 18.3 Å². The number of rotatable bonds is 12. The molecule has 0 amide bonds. The van der Waals surface area contributed by atoms with Gasteiger partial charge in [0.15, 0.2) is 0 Å². The second-order valence-corrected chi connectivity index (χ2v) is 10.7. The van der Waals surface area contributed by atoms with Gasteiger partial charge in [0.05, 0.1) is 12.6 Å². The average Bonchev–Trinajstić information content (AvgIpc) is 2.90. The minimum absolute atomic E-state index is 0.0551. The number of carboxylic acid groups (broad SMARTS) is 1. The van der Waals surface area contributed by atoms with Crippen molar-refractivity contribution in [3.63, 3.8) is 0 Å². The zero-order chi connectivity index (χ0) is 25.3. The molecule has 1 aliphatic rings. The van der Waals surface area contributed by atoms with Gasteiger partial charge in [0.25, 0.3) is 0 Å². The van der Waals surface area contributed by atoms with Gasteiger partial charge in [-0.05, 0) is 98.3 Å². The van der Waals surface area contributed by atoms with Crippen molar-refractivity contribution in [2.75, 3.05) is 32.5 Å². The zero-order valence-corrected chi connectivity index (χ0v) is 21.6. The number of likely N-dealkylation sites (tertiary alicyclic amines) is 1. The minimum atomic E-state index is -1.12. The topological polar surface area (TPSA) is 62.7 Å². The van der Waals surface area contributed by atoms with E-state index in [4.69, 9.17) is 4.74 Å². The van der Waals surface area contributed by atoms with Gasteiger partial charge in [-0.2, -0.15) is 0 Å². The van der Waals surface area contributed by atoms with Crippen LogP contribution in [0.5, 0.6) is 5.75 Å². The molecule has 2 heterocycles. The number of hydrogen-bond acceptors (Lipinski definition) is 5. The summed E-state index contributed by atoms with van der Waals surface area (Å²) >= 11 is 1.86. The van der Waals surface area contributed by atoms with E-state index in [1.165, 1.54) is 4.90 Å². The number of nitrogens with zero attached hydrogens (tertiary/aromatic N) is 2. The predicted molar refractivity (Wildman–Crippen MR) is 143 cm³/mol. The summed E-state index contributed by atoms with van der Waals surface area (Å²) in [6, 6.07) is 17.7. The minimum Gasteiger partial charge on any atom is -0.497 e. The van der Waals surface area contributed by atoms with E-state index >= 15 is 4.39 Å². The van der Waals surface area contributed by atoms with Crippen LogP contribution in [-0.4, -0.2) is 53.5 Å². The first kappa shape index (κ1) is 26.4. The van der Waals surface area contributed by atoms with Crippen LogP contribution >= 0.6 is 11.8 Å². The Bertz CT molecular complexity index is 1130. The van der Waals surface area contributed by atoms with E-state index in [1.807, 2.05) is 36.0 Å². The number of piperidine rings is 1. The summed E-state index contributed by atoms with van der Waals surface area (Å²) in [5.41, 5.74) is 1.38. The van der Waals surface area contributed by atoms with Crippen molar-refractivity contribution in [3.05, 3.63) is 66.4 Å². The molecule has 1 N–H and O–H groups in total. The lowest BCUT2D eigenvalue weighted by Gasteiger charge is -2.38. The Balaban J connectivity index is 1.31. The lowest BCUT2D eigenvalue weighted by Crippen LogP contribution is -2.42. The molecule has 4 rings (SSSR count). The summed E-state index contributed by atoms with van der Waals surface area (Å²) in [5.74, 6) is 1.23. The maximum atomic E-state index is 15.5. The van der Waals surface area contributed by atoms with E-state index in [0.29, 0.717) is 24.2 Å². The number of pyridine rings is 1. The lowest BCUT2D eigenvalue weighted by atomic mass is 9.79. The van der Waals surface area contributed by atoms with Gasteiger partial charge in [-0.3, -0.25) is 9.78 Å². The van der Waals surface area contributed by atoms with E-state index in [0.717, 1.165) is 49.1 Å². The number of carboxylic acids is 1. The Hall–Kier alpha value is -2.64. The summed E-state index contributed by atoms with van der Waals surface area (Å²) in [7, 11) is 1.60. The molecule has 1 aliphatic heterocycles. The predicted octanol–water partition coefficient (Wildman–Crippen LogP) is 6.63. The third-order valence-electron chi connectivity index (χ3n) is 7.15. The molecule has 5 nitrogen and oxygen atoms in total. The van der Waals surface area contributed by atoms with Crippen LogP contribution in [0.25, 0.3) is 10.9 Å². The SMILES string of the molecule is COc1ccc2nccc(C(F)CC[C@@H]3CCN(CCCSc4ccccc4)C[C@@H]3CC(=O)O)c2c1. The summed E-state index contributed by atoms with van der Waals surface area (Å²) in [4.78, 5) is 19.6. The highest BCUT2D eigenvalue weighted by atomic mass is 32.2. The van der Waals surface area contributed by atoms with Gasteiger partial charge in [0.1, 0.15) is 11.9 Å². The fourth-order valence-corrected chi connectivity index (χ4v) is 6.11. The van der Waals surface area contributed by atoms with Crippen molar-refractivity contribution in [2.45, 2.75) is 43.2 Å². The number of aliphatic carboxylic acids is 1. The maximum Gasteiger partial charge on any atom is 0.303 e. The van der Waals surface area contributed by atoms with Gasteiger partial charge in [-0.25, -0.2) is 4.39 Å². The number of carbonyl (C=O) groups is 1. The highest BCUT2D eigenvalue weighted by molar-refractivity contribution is 7.99. The van der Waals surface area contributed by atoms with Gasteiger partial charge < -0.3 is 14.7 Å². The largest absolute Gasteiger partial charge is 0.497 e. The number of ether oxygens (including phenoxy) is 1. The van der Waals surface area contributed by atoms with Crippen molar-refractivity contribution in [3.8, 4) is 5.75 Å². The second-order valence-electron chi connectivity index (χ2n) is 9.55. The molecule has 1 aromatic heterocycles. The fourth-order valence-electron chi connectivity index (χ4n) is 5.25. The third kappa shape index (κ3) is 7.20. The molecular weight excluding hydrogens is 475 g/mol. The highest BCUT2D eigenvalue weighted by Gasteiger charge is 2.31. The number of thioether (sulfide) groups is 1. The van der Waals surface area contributed by atoms with Crippen LogP contribution in [0.4, 0.5) is 4.39 Å². The Morgan fingerprint density at radius 3 is 2.83 bits per heavy atom. The van der Waals surface area contributed by atoms with Crippen LogP contribution in [0.1, 0.15) is 43.8 Å². The molecule has 3 atom stereocenters. The molecule has 0 spiro atoms. The Morgan fingerprint density at radius 1 is 1.22 bits per heavy atom. The molecule has 1 saturated heterocycles. The van der Waals surface area contributed by atoms with Gasteiger partial charge in [-0.1, -0.05) is 18.2 Å². The monoisotopic (exact) mass is 510 g/mol. The third-order valence-corrected chi connectivity index (χ3v) is 8.25. The first-order valence-corrected chi connectivity index (χ1v) is 13.7. The maximum absolute atomic E-state index is 15.5. The molecule has 7 heteroatoms. The summed E-state index contributed by atoms with van der Waals surface area (Å²) in [5, 5.41) is 10.3. The normalized spacial score (nSPS) is 19.3. The molecule has 2 aromatic carbocycles. The van der Waals surface area contributed by atoms with Gasteiger partial charge in [0, 0.05) is 29.4 Å². The Labute approximate surface area is 217 Å². The molecule has 0 saturated carbocycles. The van der Waals surface area contributed by atoms with Crippen LogP contribution in [0.15, 0.2) is 65.7 Å². The number of aromatic nitrogens is 1. The van der Waals surface area contributed by atoms with Crippen LogP contribution in [0, 0.1) is 11.8 Å². The van der Waals surface area contributed by atoms with E-state index in [9.17, 15) is 9.90 Å². The first-order chi connectivity index (χ1) is 17.5. The van der Waals surface area contributed by atoms with Gasteiger partial charge >= 0.3 is 5.97 Å². The molecule has 1 fully saturated rings. The highest BCUT2D eigenvalue weighted by Crippen LogP contribution is 2.36. The molecule has 1 unspecified atom stereocenters. The van der Waals surface area contributed by atoms with Crippen molar-refractivity contribution >= 4 is 28.6 Å². The molecule has 0 aliphatic carbocycles. The standard InChI is InChI=1S/C29H35FN2O3S/c1-35-23-9-11-28-26(19-23)25(12-14-31-28)27(30)10-8-21-13-16-32(20-22(21)18-29(33)34)15-5-17-36-24-6-3-2-4-7-24/h2-4,6-7,9,11-12,14,19,21-22,27H,5,8,10,13,15-18,20H2,1H3,(H,33,34)/t21-,22+,27?/m1/s1. The second kappa shape index (κ2) is 13.1. The fraction of sp³-hybridized carbons (Fsp3) is 0.448. The molecular formula is C29H35FN2O3S. The zero-order valence-electron chi connectivity index (χ0n) is 20.8. The van der Waals surface area contributed by atoms with Crippen molar-refractivity contribution in [1.82, 2.24) is 9.88 Å². The summed E-state index contributed by atoms with van der Waals surface area (Å²) in [6.07, 6.45) is 3.72. The Kier molecular flexibility index (Phi) is 9.59. The first-order valence-electron chi connectivity index (χ1n) is 12.7. The van der Waals surface area contributed by atoms with E-state index in [1.54, 1.807) is 19.4 Å². The lowest BCUT2D eigenvalue weighted by molar-refractivity contribution is -0.139. The van der Waals surface area contributed by atoms with Gasteiger partial charge in [0.2, 0.25) is 0 Å². The summed E-state index contributed by atoms with van der Waals surface area (Å²) in [6.45, 7) is 2.70. The molecule has 36 heavy (non-hydrogen) atoms. The molecule has 0 bridgehead atoms. The smallest absolute Gasteiger partial charge is 0.303 e. The average molecular weight is 511 g/mol. The van der Waals surface area contributed by atoms with Crippen LogP contribution in [0.2, 0.25) is 0 Å². The van der Waals surface area contributed by atoms with E-state index in [2.05, 4.69) is 34.1 Å². The van der Waals surface area contributed by atoms with Crippen molar-refractivity contribution in [2.24, 2.45) is 11.8 Å². The molecule has 0 radical (unpaired) electrons. The van der Waals surface area contributed by atoms with Crippen LogP contribution in [0.3, 0.4) is 0 Å².